The van der Waals surface area contributed by atoms with Crippen LogP contribution in [-0.4, -0.2) is 56.5 Å². The number of piperazine rings is 1. The van der Waals surface area contributed by atoms with Crippen molar-refractivity contribution in [2.75, 3.05) is 44.7 Å². The van der Waals surface area contributed by atoms with Crippen LogP contribution in [0.4, 0.5) is 10.1 Å². The zero-order chi connectivity index (χ0) is 19.2. The third-order valence-electron chi connectivity index (χ3n) is 4.59. The third-order valence-corrected chi connectivity index (χ3v) is 4.59. The lowest BCUT2D eigenvalue weighted by Gasteiger charge is -2.36. The third kappa shape index (κ3) is 4.55. The smallest absolute Gasteiger partial charge is 0.254 e. The Hall–Kier alpha value is -3.09. The van der Waals surface area contributed by atoms with E-state index in [0.29, 0.717) is 26.2 Å². The van der Waals surface area contributed by atoms with Gasteiger partial charge in [0.25, 0.3) is 5.91 Å². The van der Waals surface area contributed by atoms with Gasteiger partial charge in [0.1, 0.15) is 11.6 Å². The first-order chi connectivity index (χ1) is 13.1. The summed E-state index contributed by atoms with van der Waals surface area (Å²) in [5.74, 6) is -0.555. The summed E-state index contributed by atoms with van der Waals surface area (Å²) in [6, 6.07) is 13.5. The van der Waals surface area contributed by atoms with Crippen LogP contribution >= 0.6 is 0 Å². The Bertz CT molecular complexity index is 802. The normalized spacial score (nSPS) is 14.0. The molecule has 1 heterocycles. The van der Waals surface area contributed by atoms with Gasteiger partial charge < -0.3 is 19.9 Å². The van der Waals surface area contributed by atoms with Crippen LogP contribution in [0.5, 0.6) is 5.75 Å². The van der Waals surface area contributed by atoms with Crippen LogP contribution in [0.1, 0.15) is 10.4 Å². The van der Waals surface area contributed by atoms with Gasteiger partial charge in [-0.05, 0) is 36.4 Å². The lowest BCUT2D eigenvalue weighted by Crippen LogP contribution is -2.51. The molecule has 0 saturated carbocycles. The second-order valence-electron chi connectivity index (χ2n) is 6.23. The fourth-order valence-corrected chi connectivity index (χ4v) is 3.02. The van der Waals surface area contributed by atoms with Gasteiger partial charge in [0.05, 0.1) is 19.2 Å². The molecular formula is C20H22FN3O3. The summed E-state index contributed by atoms with van der Waals surface area (Å²) in [4.78, 5) is 28.2. The number of methoxy groups -OCH3 is 1. The Labute approximate surface area is 157 Å². The molecule has 1 aliphatic rings. The van der Waals surface area contributed by atoms with E-state index in [9.17, 15) is 14.0 Å². The van der Waals surface area contributed by atoms with Crippen molar-refractivity contribution in [1.29, 1.82) is 0 Å². The Kier molecular flexibility index (Phi) is 5.90. The molecule has 0 aliphatic carbocycles. The minimum absolute atomic E-state index is 0.0605. The lowest BCUT2D eigenvalue weighted by molar-refractivity contribution is -0.130. The number of nitrogens with one attached hydrogen (secondary N) is 1. The van der Waals surface area contributed by atoms with Crippen molar-refractivity contribution in [3.05, 3.63) is 59.9 Å². The van der Waals surface area contributed by atoms with Crippen molar-refractivity contribution in [2.24, 2.45) is 0 Å². The molecule has 7 heteroatoms. The fraction of sp³-hybridized carbons (Fsp3) is 0.300. The molecule has 2 amide bonds. The average molecular weight is 371 g/mol. The van der Waals surface area contributed by atoms with Gasteiger partial charge in [-0.1, -0.05) is 12.1 Å². The molecule has 142 valence electrons. The molecule has 0 spiro atoms. The molecule has 1 N–H and O–H groups in total. The van der Waals surface area contributed by atoms with Crippen LogP contribution in [-0.2, 0) is 4.79 Å². The summed E-state index contributed by atoms with van der Waals surface area (Å²) in [6.45, 7) is 2.41. The summed E-state index contributed by atoms with van der Waals surface area (Å²) in [7, 11) is 1.63. The minimum Gasteiger partial charge on any atom is -0.497 e. The van der Waals surface area contributed by atoms with E-state index in [1.54, 1.807) is 18.1 Å². The summed E-state index contributed by atoms with van der Waals surface area (Å²) < 4.78 is 18.8. The molecule has 3 rings (SSSR count). The quantitative estimate of drug-likeness (QED) is 0.872. The van der Waals surface area contributed by atoms with Crippen LogP contribution in [0.25, 0.3) is 0 Å². The van der Waals surface area contributed by atoms with Crippen LogP contribution in [0, 0.1) is 5.82 Å². The first kappa shape index (κ1) is 18.7. The van der Waals surface area contributed by atoms with Gasteiger partial charge in [-0.2, -0.15) is 0 Å². The van der Waals surface area contributed by atoms with E-state index in [-0.39, 0.29) is 18.0 Å². The van der Waals surface area contributed by atoms with E-state index >= 15 is 0 Å². The SMILES string of the molecule is COc1ccc(N2CCN(C(=O)CNC(=O)c3ccccc3F)CC2)cc1. The van der Waals surface area contributed by atoms with E-state index in [0.717, 1.165) is 11.4 Å². The summed E-state index contributed by atoms with van der Waals surface area (Å²) in [5, 5.41) is 2.49. The molecule has 0 unspecified atom stereocenters. The second-order valence-corrected chi connectivity index (χ2v) is 6.23. The maximum Gasteiger partial charge on any atom is 0.254 e. The van der Waals surface area contributed by atoms with Gasteiger partial charge in [-0.15, -0.1) is 0 Å². The zero-order valence-electron chi connectivity index (χ0n) is 15.2. The number of ether oxygens (including phenoxy) is 1. The lowest BCUT2D eigenvalue weighted by atomic mass is 10.2. The maximum atomic E-state index is 13.6. The molecule has 1 aliphatic heterocycles. The monoisotopic (exact) mass is 371 g/mol. The molecule has 2 aromatic carbocycles. The molecule has 1 saturated heterocycles. The van der Waals surface area contributed by atoms with E-state index in [1.807, 2.05) is 24.3 Å². The molecule has 27 heavy (non-hydrogen) atoms. The van der Waals surface area contributed by atoms with Crippen molar-refractivity contribution in [3.8, 4) is 5.75 Å². The number of amides is 2. The Morgan fingerprint density at radius 1 is 1.04 bits per heavy atom. The Morgan fingerprint density at radius 3 is 2.33 bits per heavy atom. The molecule has 0 aromatic heterocycles. The van der Waals surface area contributed by atoms with Gasteiger partial charge in [0.2, 0.25) is 5.91 Å². The number of hydrogen-bond donors (Lipinski definition) is 1. The van der Waals surface area contributed by atoms with Gasteiger partial charge in [-0.3, -0.25) is 9.59 Å². The predicted octanol–water partition coefficient (Wildman–Crippen LogP) is 1.91. The maximum absolute atomic E-state index is 13.6. The van der Waals surface area contributed by atoms with Gasteiger partial charge in [0.15, 0.2) is 0 Å². The second kappa shape index (κ2) is 8.53. The number of carbonyl (C=O) groups is 2. The first-order valence-electron chi connectivity index (χ1n) is 8.78. The molecular weight excluding hydrogens is 349 g/mol. The Morgan fingerprint density at radius 2 is 1.70 bits per heavy atom. The highest BCUT2D eigenvalue weighted by molar-refractivity contribution is 5.96. The Balaban J connectivity index is 1.48. The number of anilines is 1. The standard InChI is InChI=1S/C20H22FN3O3/c1-27-16-8-6-15(7-9-16)23-10-12-24(13-11-23)19(25)14-22-20(26)17-4-2-3-5-18(17)21/h2-9H,10-14H2,1H3,(H,22,26). The van der Waals surface area contributed by atoms with Crippen molar-refractivity contribution in [1.82, 2.24) is 10.2 Å². The fourth-order valence-electron chi connectivity index (χ4n) is 3.02. The van der Waals surface area contributed by atoms with Gasteiger partial charge in [0, 0.05) is 31.9 Å². The summed E-state index contributed by atoms with van der Waals surface area (Å²) >= 11 is 0. The molecule has 0 radical (unpaired) electrons. The van der Waals surface area contributed by atoms with Crippen molar-refractivity contribution < 1.29 is 18.7 Å². The highest BCUT2D eigenvalue weighted by atomic mass is 19.1. The predicted molar refractivity (Wildman–Crippen MR) is 101 cm³/mol. The number of carbonyl (C=O) groups excluding carboxylic acids is 2. The summed E-state index contributed by atoms with van der Waals surface area (Å²) in [6.07, 6.45) is 0. The first-order valence-corrected chi connectivity index (χ1v) is 8.78. The molecule has 1 fully saturated rings. The molecule has 0 bridgehead atoms. The summed E-state index contributed by atoms with van der Waals surface area (Å²) in [5.41, 5.74) is 1.02. The molecule has 0 atom stereocenters. The van der Waals surface area contributed by atoms with E-state index in [4.69, 9.17) is 4.74 Å². The van der Waals surface area contributed by atoms with Crippen LogP contribution in [0.15, 0.2) is 48.5 Å². The number of halogens is 1. The number of benzene rings is 2. The largest absolute Gasteiger partial charge is 0.497 e. The average Bonchev–Trinajstić information content (AvgIpc) is 2.72. The van der Waals surface area contributed by atoms with Gasteiger partial charge >= 0.3 is 0 Å². The number of nitrogens with zero attached hydrogens (tertiary/aromatic N) is 2. The van der Waals surface area contributed by atoms with E-state index in [1.165, 1.54) is 18.2 Å². The number of rotatable bonds is 5. The van der Waals surface area contributed by atoms with Crippen molar-refractivity contribution >= 4 is 17.5 Å². The van der Waals surface area contributed by atoms with Crippen molar-refractivity contribution in [2.45, 2.75) is 0 Å². The minimum atomic E-state index is -0.601. The topological polar surface area (TPSA) is 61.9 Å². The van der Waals surface area contributed by atoms with Crippen LogP contribution in [0.2, 0.25) is 0 Å². The van der Waals surface area contributed by atoms with Crippen LogP contribution in [0.3, 0.4) is 0 Å². The van der Waals surface area contributed by atoms with Crippen molar-refractivity contribution in [3.63, 3.8) is 0 Å². The van der Waals surface area contributed by atoms with Gasteiger partial charge in [-0.25, -0.2) is 4.39 Å². The highest BCUT2D eigenvalue weighted by Crippen LogP contribution is 2.20. The van der Waals surface area contributed by atoms with E-state index in [2.05, 4.69) is 10.2 Å². The van der Waals surface area contributed by atoms with Crippen LogP contribution < -0.4 is 15.0 Å². The molecule has 6 nitrogen and oxygen atoms in total. The van der Waals surface area contributed by atoms with E-state index < -0.39 is 11.7 Å². The number of hydrogen-bond acceptors (Lipinski definition) is 4. The zero-order valence-corrected chi connectivity index (χ0v) is 15.2. The molecule has 2 aromatic rings. The highest BCUT2D eigenvalue weighted by Gasteiger charge is 2.22.